The monoisotopic (exact) mass is 218 g/mol. The van der Waals surface area contributed by atoms with Gasteiger partial charge in [0.2, 0.25) is 0 Å². The Kier molecular flexibility index (Phi) is 2.46. The molecule has 0 saturated carbocycles. The minimum absolute atomic E-state index is 0.316. The lowest BCUT2D eigenvalue weighted by Crippen LogP contribution is -2.08. The quantitative estimate of drug-likeness (QED) is 0.561. The van der Waals surface area contributed by atoms with E-state index >= 15 is 0 Å². The predicted molar refractivity (Wildman–Crippen MR) is 46.6 cm³/mol. The third kappa shape index (κ3) is 1.70. The van der Waals surface area contributed by atoms with Crippen LogP contribution in [0, 0.1) is 12.7 Å². The van der Waals surface area contributed by atoms with Crippen LogP contribution in [0.3, 0.4) is 0 Å². The van der Waals surface area contributed by atoms with Gasteiger partial charge in [0.05, 0.1) is 10.2 Å². The number of nitrogens with one attached hydrogen (secondary N) is 1. The Balaban J connectivity index is 3.21. The summed E-state index contributed by atoms with van der Waals surface area (Å²) in [7, 11) is 0. The van der Waals surface area contributed by atoms with E-state index in [-0.39, 0.29) is 5.82 Å². The average Bonchev–Trinajstić information content (AvgIpc) is 1.97. The molecule has 2 nitrogen and oxygen atoms in total. The predicted octanol–water partition coefficient (Wildman–Crippen LogP) is 2.18. The smallest absolute Gasteiger partial charge is 0.139 e. The average molecular weight is 219 g/mol. The van der Waals surface area contributed by atoms with Crippen LogP contribution in [0.5, 0.6) is 0 Å². The van der Waals surface area contributed by atoms with Crippen LogP contribution < -0.4 is 11.3 Å². The number of nitrogen functional groups attached to an aromatic ring is 1. The van der Waals surface area contributed by atoms with Crippen LogP contribution in [0.25, 0.3) is 0 Å². The molecule has 4 heteroatoms. The second kappa shape index (κ2) is 3.19. The molecule has 0 bridgehead atoms. The van der Waals surface area contributed by atoms with E-state index in [1.54, 1.807) is 6.07 Å². The Hall–Kier alpha value is -0.610. The van der Waals surface area contributed by atoms with Gasteiger partial charge in [0.15, 0.2) is 0 Å². The molecule has 0 aliphatic heterocycles. The van der Waals surface area contributed by atoms with Crippen LogP contribution in [0.4, 0.5) is 10.1 Å². The first-order chi connectivity index (χ1) is 5.15. The van der Waals surface area contributed by atoms with E-state index in [4.69, 9.17) is 5.84 Å². The Bertz CT molecular complexity index is 275. The number of halogens is 2. The highest BCUT2D eigenvalue weighted by molar-refractivity contribution is 9.10. The van der Waals surface area contributed by atoms with E-state index in [0.29, 0.717) is 10.2 Å². The fraction of sp³-hybridized carbons (Fsp3) is 0.143. The van der Waals surface area contributed by atoms with Crippen LogP contribution in [-0.4, -0.2) is 0 Å². The molecule has 0 aliphatic carbocycles. The molecule has 0 unspecified atom stereocenters. The van der Waals surface area contributed by atoms with Crippen molar-refractivity contribution in [2.45, 2.75) is 6.92 Å². The standard InChI is InChI=1S/C7H8BrFN2/c1-4-2-5(8)6(9)3-7(4)11-10/h2-3,11H,10H2,1H3. The lowest BCUT2D eigenvalue weighted by atomic mass is 10.2. The molecule has 0 saturated heterocycles. The van der Waals surface area contributed by atoms with Gasteiger partial charge in [-0.3, -0.25) is 5.84 Å². The maximum Gasteiger partial charge on any atom is 0.139 e. The summed E-state index contributed by atoms with van der Waals surface area (Å²) in [6, 6.07) is 3.02. The van der Waals surface area contributed by atoms with Crippen LogP contribution in [-0.2, 0) is 0 Å². The molecule has 0 amide bonds. The van der Waals surface area contributed by atoms with Crippen molar-refractivity contribution in [2.24, 2.45) is 5.84 Å². The molecular formula is C7H8BrFN2. The number of anilines is 1. The summed E-state index contributed by atoms with van der Waals surface area (Å²) >= 11 is 3.07. The van der Waals surface area contributed by atoms with Crippen molar-refractivity contribution in [1.82, 2.24) is 0 Å². The molecule has 0 radical (unpaired) electrons. The van der Waals surface area contributed by atoms with E-state index in [1.807, 2.05) is 6.92 Å². The molecular weight excluding hydrogens is 211 g/mol. The first kappa shape index (κ1) is 8.49. The van der Waals surface area contributed by atoms with Gasteiger partial charge in [-0.25, -0.2) is 4.39 Å². The van der Waals surface area contributed by atoms with Crippen molar-refractivity contribution in [3.63, 3.8) is 0 Å². The highest BCUT2D eigenvalue weighted by Crippen LogP contribution is 2.22. The molecule has 0 spiro atoms. The van der Waals surface area contributed by atoms with Crippen LogP contribution in [0.15, 0.2) is 16.6 Å². The Morgan fingerprint density at radius 3 is 2.73 bits per heavy atom. The fourth-order valence-corrected chi connectivity index (χ4v) is 1.26. The van der Waals surface area contributed by atoms with Gasteiger partial charge in [-0.05, 0) is 40.5 Å². The molecule has 0 fully saturated rings. The molecule has 1 rings (SSSR count). The summed E-state index contributed by atoms with van der Waals surface area (Å²) in [5.41, 5.74) is 3.91. The van der Waals surface area contributed by atoms with Gasteiger partial charge in [-0.2, -0.15) is 0 Å². The maximum absolute atomic E-state index is 12.8. The third-order valence-corrected chi connectivity index (χ3v) is 2.03. The fourth-order valence-electron chi connectivity index (χ4n) is 0.802. The minimum Gasteiger partial charge on any atom is -0.324 e. The van der Waals surface area contributed by atoms with E-state index in [1.165, 1.54) is 6.07 Å². The van der Waals surface area contributed by atoms with Gasteiger partial charge in [-0.15, -0.1) is 0 Å². The van der Waals surface area contributed by atoms with Crippen LogP contribution in [0.2, 0.25) is 0 Å². The Morgan fingerprint density at radius 1 is 1.55 bits per heavy atom. The highest BCUT2D eigenvalue weighted by atomic mass is 79.9. The number of aryl methyl sites for hydroxylation is 1. The van der Waals surface area contributed by atoms with Crippen molar-refractivity contribution in [2.75, 3.05) is 5.43 Å². The summed E-state index contributed by atoms with van der Waals surface area (Å²) in [6.45, 7) is 1.85. The van der Waals surface area contributed by atoms with Gasteiger partial charge < -0.3 is 5.43 Å². The van der Waals surface area contributed by atoms with Gasteiger partial charge in [0.1, 0.15) is 5.82 Å². The molecule has 11 heavy (non-hydrogen) atoms. The first-order valence-corrected chi connectivity index (χ1v) is 3.86. The van der Waals surface area contributed by atoms with Crippen molar-refractivity contribution < 1.29 is 4.39 Å². The number of hydrazine groups is 1. The van der Waals surface area contributed by atoms with E-state index < -0.39 is 0 Å². The Labute approximate surface area is 72.7 Å². The van der Waals surface area contributed by atoms with E-state index in [2.05, 4.69) is 21.4 Å². The zero-order valence-electron chi connectivity index (χ0n) is 5.99. The normalized spacial score (nSPS) is 9.82. The van der Waals surface area contributed by atoms with Crippen LogP contribution >= 0.6 is 15.9 Å². The van der Waals surface area contributed by atoms with Crippen molar-refractivity contribution in [3.8, 4) is 0 Å². The number of nitrogens with two attached hydrogens (primary N) is 1. The molecule has 60 valence electrons. The summed E-state index contributed by atoms with van der Waals surface area (Å²) < 4.78 is 13.3. The van der Waals surface area contributed by atoms with Crippen molar-refractivity contribution in [1.29, 1.82) is 0 Å². The zero-order chi connectivity index (χ0) is 8.43. The number of benzene rings is 1. The van der Waals surface area contributed by atoms with Gasteiger partial charge in [0.25, 0.3) is 0 Å². The number of hydrogen-bond donors (Lipinski definition) is 2. The lowest BCUT2D eigenvalue weighted by molar-refractivity contribution is 0.621. The summed E-state index contributed by atoms with van der Waals surface area (Å²) in [6.07, 6.45) is 0. The summed E-state index contributed by atoms with van der Waals surface area (Å²) in [4.78, 5) is 0. The Morgan fingerprint density at radius 2 is 2.18 bits per heavy atom. The van der Waals surface area contributed by atoms with Gasteiger partial charge in [0, 0.05) is 0 Å². The zero-order valence-corrected chi connectivity index (χ0v) is 7.57. The number of hydrogen-bond acceptors (Lipinski definition) is 2. The lowest BCUT2D eigenvalue weighted by Gasteiger charge is -2.05. The topological polar surface area (TPSA) is 38.0 Å². The molecule has 0 aliphatic rings. The first-order valence-electron chi connectivity index (χ1n) is 3.07. The highest BCUT2D eigenvalue weighted by Gasteiger charge is 2.02. The second-order valence-electron chi connectivity index (χ2n) is 2.23. The van der Waals surface area contributed by atoms with Crippen molar-refractivity contribution >= 4 is 21.6 Å². The number of rotatable bonds is 1. The van der Waals surface area contributed by atoms with Crippen LogP contribution in [0.1, 0.15) is 5.56 Å². The summed E-state index contributed by atoms with van der Waals surface area (Å²) in [5, 5.41) is 0. The molecule has 0 aromatic heterocycles. The second-order valence-corrected chi connectivity index (χ2v) is 3.08. The summed E-state index contributed by atoms with van der Waals surface area (Å²) in [5.74, 6) is 4.82. The molecule has 1 aromatic rings. The minimum atomic E-state index is -0.316. The van der Waals surface area contributed by atoms with Crippen molar-refractivity contribution in [3.05, 3.63) is 28.0 Å². The van der Waals surface area contributed by atoms with Gasteiger partial charge >= 0.3 is 0 Å². The van der Waals surface area contributed by atoms with E-state index in [0.717, 1.165) is 5.56 Å². The SMILES string of the molecule is Cc1cc(Br)c(F)cc1NN. The molecule has 0 atom stereocenters. The molecule has 3 N–H and O–H groups in total. The van der Waals surface area contributed by atoms with E-state index in [9.17, 15) is 4.39 Å². The molecule has 1 aromatic carbocycles. The largest absolute Gasteiger partial charge is 0.324 e. The van der Waals surface area contributed by atoms with Gasteiger partial charge in [-0.1, -0.05) is 0 Å². The molecule has 0 heterocycles. The maximum atomic E-state index is 12.8. The third-order valence-electron chi connectivity index (χ3n) is 1.42.